The summed E-state index contributed by atoms with van der Waals surface area (Å²) in [5.74, 6) is 1.29. The molecular formula is C25H27N3O4. The lowest BCUT2D eigenvalue weighted by Crippen LogP contribution is -2.46. The first kappa shape index (κ1) is 22.8. The molecule has 7 nitrogen and oxygen atoms in total. The number of hydrogen-bond donors (Lipinski definition) is 2. The number of aromatic nitrogens is 2. The number of hydrogen-bond acceptors (Lipinski definition) is 5. The number of allylic oxidation sites excluding steroid dienone is 1. The molecule has 2 aromatic carbocycles. The van der Waals surface area contributed by atoms with Crippen LogP contribution in [0.15, 0.2) is 64.2 Å². The van der Waals surface area contributed by atoms with Crippen LogP contribution >= 0.6 is 0 Å². The third-order valence-corrected chi connectivity index (χ3v) is 4.63. The average Bonchev–Trinajstić information content (AvgIpc) is 2.78. The molecule has 0 radical (unpaired) electrons. The van der Waals surface area contributed by atoms with Gasteiger partial charge in [0.25, 0.3) is 11.1 Å². The lowest BCUT2D eigenvalue weighted by molar-refractivity contribution is 0.250. The van der Waals surface area contributed by atoms with Crippen molar-refractivity contribution in [3.05, 3.63) is 97.1 Å². The summed E-state index contributed by atoms with van der Waals surface area (Å²) in [6.45, 7) is 1.36. The normalized spacial score (nSPS) is 12.6. The molecule has 1 heterocycles. The van der Waals surface area contributed by atoms with Crippen LogP contribution in [0.3, 0.4) is 0 Å². The Kier molecular flexibility index (Phi) is 7.83. The maximum atomic E-state index is 12.4. The van der Waals surface area contributed by atoms with E-state index in [-0.39, 0.29) is 21.8 Å². The summed E-state index contributed by atoms with van der Waals surface area (Å²) in [6.07, 6.45) is 6.70. The highest BCUT2D eigenvalue weighted by Gasteiger charge is 2.05. The van der Waals surface area contributed by atoms with Crippen molar-refractivity contribution in [3.63, 3.8) is 0 Å². The monoisotopic (exact) mass is 433 g/mol. The van der Waals surface area contributed by atoms with E-state index in [1.54, 1.807) is 25.3 Å². The van der Waals surface area contributed by atoms with E-state index in [1.807, 2.05) is 73.6 Å². The van der Waals surface area contributed by atoms with Gasteiger partial charge in [-0.15, -0.1) is 0 Å². The van der Waals surface area contributed by atoms with E-state index in [2.05, 4.69) is 9.97 Å². The Labute approximate surface area is 186 Å². The van der Waals surface area contributed by atoms with Crippen LogP contribution in [0.5, 0.6) is 11.5 Å². The molecule has 0 spiro atoms. The quantitative estimate of drug-likeness (QED) is 0.560. The van der Waals surface area contributed by atoms with Crippen LogP contribution in [0.4, 0.5) is 0 Å². The molecule has 7 heteroatoms. The number of rotatable bonds is 8. The number of methoxy groups -OCH3 is 1. The fourth-order valence-corrected chi connectivity index (χ4v) is 2.93. The van der Waals surface area contributed by atoms with Crippen molar-refractivity contribution in [2.24, 2.45) is 0 Å². The highest BCUT2D eigenvalue weighted by Crippen LogP contribution is 2.28. The van der Waals surface area contributed by atoms with Crippen LogP contribution in [0.25, 0.3) is 18.2 Å². The Bertz CT molecular complexity index is 1310. The molecule has 0 saturated carbocycles. The van der Waals surface area contributed by atoms with Gasteiger partial charge in [0.1, 0.15) is 17.3 Å². The molecule has 2 N–H and O–H groups in total. The summed E-state index contributed by atoms with van der Waals surface area (Å²) in [7, 11) is 5.56. The molecule has 3 aromatic rings. The maximum absolute atomic E-state index is 12.4. The van der Waals surface area contributed by atoms with Crippen molar-refractivity contribution in [2.75, 3.05) is 34.4 Å². The topological polar surface area (TPSA) is 87.4 Å². The van der Waals surface area contributed by atoms with Crippen molar-refractivity contribution in [1.82, 2.24) is 14.9 Å². The zero-order chi connectivity index (χ0) is 22.9. The predicted molar refractivity (Wildman–Crippen MR) is 127 cm³/mol. The molecule has 0 unspecified atom stereocenters. The van der Waals surface area contributed by atoms with E-state index >= 15 is 0 Å². The third kappa shape index (κ3) is 6.33. The SMILES string of the molecule is COc1cc(/C=C/C=c2\[nH]c(=O)/c(=C/c3ccccc3)[nH]c2=O)ccc1OCCN(C)C. The molecule has 166 valence electrons. The van der Waals surface area contributed by atoms with Gasteiger partial charge >= 0.3 is 0 Å². The minimum absolute atomic E-state index is 0.173. The summed E-state index contributed by atoms with van der Waals surface area (Å²) in [5.41, 5.74) is 0.951. The van der Waals surface area contributed by atoms with E-state index < -0.39 is 0 Å². The molecule has 0 atom stereocenters. The van der Waals surface area contributed by atoms with Crippen LogP contribution < -0.4 is 31.3 Å². The second-order valence-corrected chi connectivity index (χ2v) is 7.38. The number of benzene rings is 2. The summed E-state index contributed by atoms with van der Waals surface area (Å²) >= 11 is 0. The Balaban J connectivity index is 1.81. The zero-order valence-corrected chi connectivity index (χ0v) is 18.4. The molecular weight excluding hydrogens is 406 g/mol. The molecule has 0 fully saturated rings. The van der Waals surface area contributed by atoms with Gasteiger partial charge in [0.05, 0.1) is 7.11 Å². The summed E-state index contributed by atoms with van der Waals surface area (Å²) in [6, 6.07) is 14.9. The highest BCUT2D eigenvalue weighted by molar-refractivity contribution is 5.60. The summed E-state index contributed by atoms with van der Waals surface area (Å²) in [4.78, 5) is 32.0. The number of ether oxygens (including phenoxy) is 2. The maximum Gasteiger partial charge on any atom is 0.272 e. The standard InChI is InChI=1S/C25H27N3O4/c1-28(2)14-15-32-22-13-12-19(17-23(22)31-3)10-7-11-20-24(29)27-21(25(30)26-20)16-18-8-5-4-6-9-18/h4-13,16-17H,14-15H2,1-3H3,(H,26,30)(H,27,29)/b10-7+,20-11-,21-16-. The van der Waals surface area contributed by atoms with Gasteiger partial charge < -0.3 is 24.3 Å². The van der Waals surface area contributed by atoms with Crippen molar-refractivity contribution in [3.8, 4) is 11.5 Å². The largest absolute Gasteiger partial charge is 0.493 e. The molecule has 1 aromatic heterocycles. The van der Waals surface area contributed by atoms with Crippen molar-refractivity contribution < 1.29 is 9.47 Å². The summed E-state index contributed by atoms with van der Waals surface area (Å²) in [5, 5.41) is 0.379. The Morgan fingerprint density at radius 2 is 1.62 bits per heavy atom. The lowest BCUT2D eigenvalue weighted by Gasteiger charge is -2.13. The van der Waals surface area contributed by atoms with Gasteiger partial charge in [-0.2, -0.15) is 0 Å². The molecule has 3 rings (SSSR count). The van der Waals surface area contributed by atoms with Crippen molar-refractivity contribution >= 4 is 18.2 Å². The predicted octanol–water partition coefficient (Wildman–Crippen LogP) is 1.33. The van der Waals surface area contributed by atoms with E-state index in [0.29, 0.717) is 18.1 Å². The van der Waals surface area contributed by atoms with Crippen LogP contribution in [-0.4, -0.2) is 49.2 Å². The van der Waals surface area contributed by atoms with Crippen molar-refractivity contribution in [1.29, 1.82) is 0 Å². The van der Waals surface area contributed by atoms with Gasteiger partial charge in [-0.3, -0.25) is 9.59 Å². The first-order chi connectivity index (χ1) is 15.5. The highest BCUT2D eigenvalue weighted by atomic mass is 16.5. The minimum Gasteiger partial charge on any atom is -0.493 e. The van der Waals surface area contributed by atoms with E-state index in [0.717, 1.165) is 17.7 Å². The van der Waals surface area contributed by atoms with Gasteiger partial charge in [0, 0.05) is 6.54 Å². The van der Waals surface area contributed by atoms with Gasteiger partial charge in [-0.05, 0) is 49.5 Å². The molecule has 0 amide bonds. The second-order valence-electron chi connectivity index (χ2n) is 7.38. The van der Waals surface area contributed by atoms with Gasteiger partial charge in [0.2, 0.25) is 0 Å². The molecule has 0 aliphatic heterocycles. The van der Waals surface area contributed by atoms with Gasteiger partial charge in [-0.25, -0.2) is 0 Å². The Hall–Kier alpha value is -3.84. The number of likely N-dealkylation sites (N-methyl/N-ethyl adjacent to an activating group) is 1. The second kappa shape index (κ2) is 11.0. The van der Waals surface area contributed by atoms with Crippen LogP contribution in [0.1, 0.15) is 11.1 Å². The smallest absolute Gasteiger partial charge is 0.272 e. The van der Waals surface area contributed by atoms with E-state index in [9.17, 15) is 9.59 Å². The van der Waals surface area contributed by atoms with Crippen LogP contribution in [0, 0.1) is 0 Å². The van der Waals surface area contributed by atoms with Crippen molar-refractivity contribution in [2.45, 2.75) is 0 Å². The Morgan fingerprint density at radius 1 is 0.906 bits per heavy atom. The van der Waals surface area contributed by atoms with E-state index in [4.69, 9.17) is 9.47 Å². The van der Waals surface area contributed by atoms with E-state index in [1.165, 1.54) is 0 Å². The molecule has 0 bridgehead atoms. The lowest BCUT2D eigenvalue weighted by atomic mass is 10.2. The first-order valence-corrected chi connectivity index (χ1v) is 10.2. The fraction of sp³-hybridized carbons (Fsp3) is 0.200. The molecule has 0 saturated heterocycles. The molecule has 0 aliphatic rings. The molecule has 32 heavy (non-hydrogen) atoms. The number of aromatic amines is 2. The van der Waals surface area contributed by atoms with Gasteiger partial charge in [-0.1, -0.05) is 48.6 Å². The molecule has 0 aliphatic carbocycles. The summed E-state index contributed by atoms with van der Waals surface area (Å²) < 4.78 is 11.2. The first-order valence-electron chi connectivity index (χ1n) is 10.2. The van der Waals surface area contributed by atoms with Crippen LogP contribution in [0.2, 0.25) is 0 Å². The third-order valence-electron chi connectivity index (χ3n) is 4.63. The zero-order valence-electron chi connectivity index (χ0n) is 18.4. The van der Waals surface area contributed by atoms with Crippen LogP contribution in [-0.2, 0) is 0 Å². The number of nitrogens with one attached hydrogen (secondary N) is 2. The Morgan fingerprint density at radius 3 is 2.34 bits per heavy atom. The minimum atomic E-state index is -0.376. The fourth-order valence-electron chi connectivity index (χ4n) is 2.93. The van der Waals surface area contributed by atoms with Gasteiger partial charge in [0.15, 0.2) is 11.5 Å². The number of nitrogens with zero attached hydrogens (tertiary/aromatic N) is 1. The average molecular weight is 434 g/mol. The number of H-pyrrole nitrogens is 2.